The molecule has 5 heteroatoms. The second-order valence-corrected chi connectivity index (χ2v) is 11.2. The van der Waals surface area contributed by atoms with Crippen molar-refractivity contribution in [2.75, 3.05) is 6.61 Å². The van der Waals surface area contributed by atoms with Crippen LogP contribution in [0.15, 0.2) is 60.7 Å². The molecule has 0 amide bonds. The predicted octanol–water partition coefficient (Wildman–Crippen LogP) is 11.4. The first-order valence-corrected chi connectivity index (χ1v) is 16.1. The van der Waals surface area contributed by atoms with Crippen molar-refractivity contribution in [2.24, 2.45) is 0 Å². The van der Waals surface area contributed by atoms with Crippen molar-refractivity contribution in [1.29, 1.82) is 0 Å². The van der Waals surface area contributed by atoms with Gasteiger partial charge in [-0.1, -0.05) is 139 Å². The van der Waals surface area contributed by atoms with E-state index in [2.05, 4.69) is 13.8 Å². The Balaban J connectivity index is 1.70. The number of hydrogen-bond acceptors (Lipinski definition) is 3. The van der Waals surface area contributed by atoms with Crippen molar-refractivity contribution in [3.05, 3.63) is 83.4 Å². The molecule has 0 aliphatic carbocycles. The zero-order chi connectivity index (χ0) is 30.0. The van der Waals surface area contributed by atoms with Crippen molar-refractivity contribution in [2.45, 2.75) is 110 Å². The Morgan fingerprint density at radius 2 is 1.26 bits per heavy atom. The lowest BCUT2D eigenvalue weighted by atomic mass is 9.91. The van der Waals surface area contributed by atoms with Crippen LogP contribution in [0.2, 0.25) is 0 Å². The van der Waals surface area contributed by atoms with Crippen molar-refractivity contribution < 1.29 is 23.4 Å². The maximum atomic E-state index is 16.0. The van der Waals surface area contributed by atoms with Gasteiger partial charge in [-0.05, 0) is 48.1 Å². The molecular weight excluding hydrogens is 530 g/mol. The minimum absolute atomic E-state index is 0.0438. The number of hydrogen-bond donors (Lipinski definition) is 0. The number of aryl methyl sites for hydroxylation is 1. The molecule has 0 saturated heterocycles. The minimum atomic E-state index is -0.927. The van der Waals surface area contributed by atoms with Crippen LogP contribution in [0, 0.1) is 11.6 Å². The first kappa shape index (κ1) is 33.5. The molecule has 0 saturated carbocycles. The molecule has 0 radical (unpaired) electrons. The van der Waals surface area contributed by atoms with E-state index >= 15 is 8.78 Å². The SMILES string of the molecule is CCCCCCCCCCCc1ccc(-c2c(-c3ccccc3)ccc(C(=O)OOCCCCCCC)c2F)c(F)c1. The number of carbonyl (C=O) groups excluding carboxylic acids is 1. The molecule has 0 aromatic heterocycles. The Labute approximate surface area is 251 Å². The minimum Gasteiger partial charge on any atom is -0.293 e. The number of rotatable bonds is 20. The predicted molar refractivity (Wildman–Crippen MR) is 168 cm³/mol. The van der Waals surface area contributed by atoms with Crippen LogP contribution >= 0.6 is 0 Å². The third kappa shape index (κ3) is 10.7. The molecule has 228 valence electrons. The Hall–Kier alpha value is -3.05. The molecule has 0 aliphatic rings. The van der Waals surface area contributed by atoms with Gasteiger partial charge in [0, 0.05) is 11.1 Å². The molecule has 3 nitrogen and oxygen atoms in total. The largest absolute Gasteiger partial charge is 0.376 e. The van der Waals surface area contributed by atoms with Crippen molar-refractivity contribution in [1.82, 2.24) is 0 Å². The van der Waals surface area contributed by atoms with Gasteiger partial charge < -0.3 is 0 Å². The molecule has 0 atom stereocenters. The second kappa shape index (κ2) is 19.2. The topological polar surface area (TPSA) is 35.5 Å². The highest BCUT2D eigenvalue weighted by molar-refractivity contribution is 5.95. The first-order valence-electron chi connectivity index (χ1n) is 16.1. The van der Waals surface area contributed by atoms with Crippen molar-refractivity contribution in [3.8, 4) is 22.3 Å². The van der Waals surface area contributed by atoms with Gasteiger partial charge in [-0.3, -0.25) is 4.89 Å². The summed E-state index contributed by atoms with van der Waals surface area (Å²) in [5, 5.41) is 0. The fraction of sp³-hybridized carbons (Fsp3) is 0.486. The summed E-state index contributed by atoms with van der Waals surface area (Å²) in [6.07, 6.45) is 17.0. The summed E-state index contributed by atoms with van der Waals surface area (Å²) in [6, 6.07) is 17.3. The van der Waals surface area contributed by atoms with Crippen LogP contribution in [-0.4, -0.2) is 12.6 Å². The number of carbonyl (C=O) groups is 1. The zero-order valence-corrected chi connectivity index (χ0v) is 25.6. The summed E-state index contributed by atoms with van der Waals surface area (Å²) < 4.78 is 31.6. The second-order valence-electron chi connectivity index (χ2n) is 11.2. The van der Waals surface area contributed by atoms with E-state index in [4.69, 9.17) is 9.78 Å². The standard InChI is InChI=1S/C37H48F2O3/c1-3-5-7-9-10-11-12-13-16-20-29-23-24-32(34(38)28-29)35-31(30-21-17-15-18-22-30)25-26-33(36(35)39)37(40)42-41-27-19-14-8-6-4-2/h15,17-18,21-26,28H,3-14,16,19-20,27H2,1-2H3. The van der Waals surface area contributed by atoms with Crippen LogP contribution in [0.5, 0.6) is 0 Å². The fourth-order valence-corrected chi connectivity index (χ4v) is 5.32. The lowest BCUT2D eigenvalue weighted by molar-refractivity contribution is -0.241. The molecule has 0 fully saturated rings. The quantitative estimate of drug-likeness (QED) is 0.0760. The average Bonchev–Trinajstić information content (AvgIpc) is 3.00. The maximum Gasteiger partial charge on any atom is 0.376 e. The van der Waals surface area contributed by atoms with Crippen LogP contribution in [0.3, 0.4) is 0 Å². The van der Waals surface area contributed by atoms with Gasteiger partial charge in [-0.15, -0.1) is 0 Å². The van der Waals surface area contributed by atoms with E-state index < -0.39 is 17.6 Å². The number of benzene rings is 3. The van der Waals surface area contributed by atoms with Gasteiger partial charge in [-0.2, -0.15) is 4.89 Å². The third-order valence-corrected chi connectivity index (χ3v) is 7.78. The monoisotopic (exact) mass is 578 g/mol. The van der Waals surface area contributed by atoms with E-state index in [1.807, 2.05) is 36.4 Å². The van der Waals surface area contributed by atoms with Gasteiger partial charge in [0.15, 0.2) is 0 Å². The zero-order valence-electron chi connectivity index (χ0n) is 25.6. The first-order chi connectivity index (χ1) is 20.6. The summed E-state index contributed by atoms with van der Waals surface area (Å²) in [7, 11) is 0. The molecule has 3 rings (SSSR count). The van der Waals surface area contributed by atoms with Gasteiger partial charge in [-0.25, -0.2) is 13.6 Å². The molecule has 3 aromatic carbocycles. The van der Waals surface area contributed by atoms with E-state index in [0.29, 0.717) is 5.56 Å². The van der Waals surface area contributed by atoms with Crippen LogP contribution in [0.1, 0.15) is 120 Å². The Morgan fingerprint density at radius 3 is 1.90 bits per heavy atom. The van der Waals surface area contributed by atoms with Gasteiger partial charge >= 0.3 is 5.97 Å². The highest BCUT2D eigenvalue weighted by atomic mass is 19.1. The van der Waals surface area contributed by atoms with Crippen LogP contribution in [-0.2, 0) is 16.2 Å². The van der Waals surface area contributed by atoms with Gasteiger partial charge in [0.1, 0.15) is 11.6 Å². The van der Waals surface area contributed by atoms with Crippen LogP contribution in [0.25, 0.3) is 22.3 Å². The van der Waals surface area contributed by atoms with Crippen LogP contribution < -0.4 is 0 Å². The van der Waals surface area contributed by atoms with E-state index in [1.54, 1.807) is 12.1 Å². The molecule has 0 bridgehead atoms. The van der Waals surface area contributed by atoms with E-state index in [0.717, 1.165) is 62.5 Å². The molecule has 0 heterocycles. The van der Waals surface area contributed by atoms with Gasteiger partial charge in [0.25, 0.3) is 0 Å². The fourth-order valence-electron chi connectivity index (χ4n) is 5.32. The van der Waals surface area contributed by atoms with Gasteiger partial charge in [0.2, 0.25) is 0 Å². The van der Waals surface area contributed by atoms with Crippen molar-refractivity contribution in [3.63, 3.8) is 0 Å². The Bertz CT molecular complexity index is 1210. The van der Waals surface area contributed by atoms with E-state index in [9.17, 15) is 4.79 Å². The molecule has 3 aromatic rings. The normalized spacial score (nSPS) is 11.1. The summed E-state index contributed by atoms with van der Waals surface area (Å²) in [4.78, 5) is 22.8. The molecule has 0 unspecified atom stereocenters. The van der Waals surface area contributed by atoms with Gasteiger partial charge in [0.05, 0.1) is 12.2 Å². The van der Waals surface area contributed by atoms with E-state index in [1.165, 1.54) is 57.1 Å². The highest BCUT2D eigenvalue weighted by Crippen LogP contribution is 2.37. The highest BCUT2D eigenvalue weighted by Gasteiger charge is 2.24. The summed E-state index contributed by atoms with van der Waals surface area (Å²) in [6.45, 7) is 4.62. The molecule has 42 heavy (non-hydrogen) atoms. The van der Waals surface area contributed by atoms with E-state index in [-0.39, 0.29) is 23.3 Å². The smallest absolute Gasteiger partial charge is 0.293 e. The molecular formula is C37H48F2O3. The number of halogens is 2. The Kier molecular flexibility index (Phi) is 15.3. The van der Waals surface area contributed by atoms with Crippen molar-refractivity contribution >= 4 is 5.97 Å². The summed E-state index contributed by atoms with van der Waals surface area (Å²) >= 11 is 0. The molecule has 0 spiro atoms. The third-order valence-electron chi connectivity index (χ3n) is 7.78. The average molecular weight is 579 g/mol. The summed E-state index contributed by atoms with van der Waals surface area (Å²) in [5.74, 6) is -2.25. The maximum absolute atomic E-state index is 16.0. The molecule has 0 N–H and O–H groups in total. The number of unbranched alkanes of at least 4 members (excludes halogenated alkanes) is 12. The summed E-state index contributed by atoms with van der Waals surface area (Å²) in [5.41, 5.74) is 2.01. The van der Waals surface area contributed by atoms with Crippen LogP contribution in [0.4, 0.5) is 8.78 Å². The Morgan fingerprint density at radius 1 is 0.667 bits per heavy atom. The lowest BCUT2D eigenvalue weighted by Crippen LogP contribution is -2.10. The lowest BCUT2D eigenvalue weighted by Gasteiger charge is -2.15. The molecule has 0 aliphatic heterocycles.